The van der Waals surface area contributed by atoms with Crippen LogP contribution >= 0.6 is 0 Å². The van der Waals surface area contributed by atoms with Gasteiger partial charge in [0.25, 0.3) is 0 Å². The van der Waals surface area contributed by atoms with Gasteiger partial charge in [0.15, 0.2) is 12.2 Å². The Morgan fingerprint density at radius 2 is 1.62 bits per heavy atom. The van der Waals surface area contributed by atoms with Crippen molar-refractivity contribution < 1.29 is 31.4 Å². The Morgan fingerprint density at radius 3 is 1.92 bits per heavy atom. The van der Waals surface area contributed by atoms with Gasteiger partial charge in [-0.25, -0.2) is 17.6 Å². The van der Waals surface area contributed by atoms with Crippen LogP contribution in [0.4, 0.5) is 26.3 Å². The van der Waals surface area contributed by atoms with E-state index in [0.717, 1.165) is 0 Å². The molecule has 0 spiro atoms. The Hall–Kier alpha value is -0.720. The third kappa shape index (κ3) is 1.13. The molecule has 1 rings (SSSR count). The molecule has 0 saturated heterocycles. The molecule has 1 aliphatic carbocycles. The van der Waals surface area contributed by atoms with Crippen LogP contribution in [0.2, 0.25) is 0 Å². The highest BCUT2D eigenvalue weighted by Crippen LogP contribution is 2.57. The first-order valence-electron chi connectivity index (χ1n) is 3.18. The normalized spacial score (nSPS) is 34.4. The number of aliphatic hydroxyl groups excluding tert-OH is 1. The van der Waals surface area contributed by atoms with Gasteiger partial charge in [-0.1, -0.05) is 0 Å². The minimum atomic E-state index is -4.69. The maximum atomic E-state index is 12.8. The Balaban J connectivity index is 2.95. The molecule has 1 aliphatic rings. The number of aliphatic hydroxyl groups is 1. The SMILES string of the molecule is OC(F)C[C@]1(F)C(F)=C(F)C1(F)F. The van der Waals surface area contributed by atoms with Crippen LogP contribution in [-0.2, 0) is 0 Å². The highest BCUT2D eigenvalue weighted by atomic mass is 19.3. The van der Waals surface area contributed by atoms with Crippen molar-refractivity contribution in [3.63, 3.8) is 0 Å². The number of hydrogen-bond acceptors (Lipinski definition) is 1. The van der Waals surface area contributed by atoms with Crippen LogP contribution in [-0.4, -0.2) is 23.1 Å². The molecule has 0 heterocycles. The van der Waals surface area contributed by atoms with Crippen LogP contribution in [0, 0.1) is 0 Å². The zero-order chi connectivity index (χ0) is 10.4. The van der Waals surface area contributed by atoms with Gasteiger partial charge in [0, 0.05) is 0 Å². The van der Waals surface area contributed by atoms with Crippen LogP contribution in [0.1, 0.15) is 6.42 Å². The number of rotatable bonds is 2. The van der Waals surface area contributed by atoms with Crippen molar-refractivity contribution in [2.24, 2.45) is 0 Å². The molecule has 0 fully saturated rings. The molecule has 76 valence electrons. The van der Waals surface area contributed by atoms with E-state index in [1.165, 1.54) is 0 Å². The maximum absolute atomic E-state index is 12.8. The quantitative estimate of drug-likeness (QED) is 0.686. The van der Waals surface area contributed by atoms with Gasteiger partial charge in [-0.15, -0.1) is 0 Å². The van der Waals surface area contributed by atoms with Crippen LogP contribution in [0.25, 0.3) is 0 Å². The Bertz CT molecular complexity index is 260. The predicted octanol–water partition coefficient (Wildman–Crippen LogP) is 2.17. The monoisotopic (exact) mass is 206 g/mol. The van der Waals surface area contributed by atoms with E-state index < -0.39 is 36.0 Å². The van der Waals surface area contributed by atoms with E-state index in [1.807, 2.05) is 0 Å². The average Bonchev–Trinajstić information content (AvgIpc) is 2.00. The smallest absolute Gasteiger partial charge is 0.341 e. The number of hydrogen-bond donors (Lipinski definition) is 1. The van der Waals surface area contributed by atoms with E-state index in [2.05, 4.69) is 0 Å². The number of halogens is 6. The lowest BCUT2D eigenvalue weighted by atomic mass is 9.81. The van der Waals surface area contributed by atoms with E-state index in [-0.39, 0.29) is 0 Å². The summed E-state index contributed by atoms with van der Waals surface area (Å²) in [6, 6.07) is 0. The second-order valence-corrected chi connectivity index (χ2v) is 2.64. The summed E-state index contributed by atoms with van der Waals surface area (Å²) >= 11 is 0. The Kier molecular flexibility index (Phi) is 2.10. The Morgan fingerprint density at radius 1 is 1.15 bits per heavy atom. The van der Waals surface area contributed by atoms with Gasteiger partial charge in [0.2, 0.25) is 11.5 Å². The molecule has 0 aliphatic heterocycles. The van der Waals surface area contributed by atoms with Gasteiger partial charge in [0.1, 0.15) is 0 Å². The second kappa shape index (κ2) is 2.63. The van der Waals surface area contributed by atoms with Crippen molar-refractivity contribution in [2.75, 3.05) is 0 Å². The van der Waals surface area contributed by atoms with E-state index in [0.29, 0.717) is 0 Å². The summed E-state index contributed by atoms with van der Waals surface area (Å²) in [6.07, 6.45) is -4.78. The van der Waals surface area contributed by atoms with E-state index >= 15 is 0 Å². The molecule has 0 saturated carbocycles. The second-order valence-electron chi connectivity index (χ2n) is 2.64. The Labute approximate surface area is 68.7 Å². The number of allylic oxidation sites excluding steroid dienone is 2. The first kappa shape index (κ1) is 10.4. The highest BCUT2D eigenvalue weighted by Gasteiger charge is 2.72. The molecule has 0 radical (unpaired) electrons. The molecular formula is C6H4F6O. The third-order valence-electron chi connectivity index (χ3n) is 1.76. The van der Waals surface area contributed by atoms with Gasteiger partial charge in [-0.3, -0.25) is 0 Å². The molecule has 1 N–H and O–H groups in total. The maximum Gasteiger partial charge on any atom is 0.341 e. The molecule has 0 aromatic rings. The fourth-order valence-corrected chi connectivity index (χ4v) is 1.01. The van der Waals surface area contributed by atoms with E-state index in [1.54, 1.807) is 0 Å². The summed E-state index contributed by atoms with van der Waals surface area (Å²) in [5.41, 5.74) is -4.05. The number of alkyl halides is 4. The topological polar surface area (TPSA) is 20.2 Å². The summed E-state index contributed by atoms with van der Waals surface area (Å²) in [5.74, 6) is -9.59. The molecule has 1 nitrogen and oxygen atoms in total. The lowest BCUT2D eigenvalue weighted by molar-refractivity contribution is -0.175. The summed E-state index contributed by atoms with van der Waals surface area (Å²) in [5, 5.41) is 7.94. The standard InChI is InChI=1S/C6H4F6O/c7-2(13)1-5(10)3(8)4(9)6(5,11)12/h2,13H,1H2/t2?,5-/m0/s1. The van der Waals surface area contributed by atoms with Crippen molar-refractivity contribution in [2.45, 2.75) is 24.4 Å². The van der Waals surface area contributed by atoms with Crippen LogP contribution in [0.5, 0.6) is 0 Å². The van der Waals surface area contributed by atoms with E-state index in [9.17, 15) is 26.3 Å². The summed E-state index contributed by atoms with van der Waals surface area (Å²) in [7, 11) is 0. The van der Waals surface area contributed by atoms with Gasteiger partial charge in [0.05, 0.1) is 6.42 Å². The van der Waals surface area contributed by atoms with Crippen LogP contribution in [0.3, 0.4) is 0 Å². The van der Waals surface area contributed by atoms with Crippen LogP contribution in [0.15, 0.2) is 11.7 Å². The van der Waals surface area contributed by atoms with Crippen molar-refractivity contribution in [1.82, 2.24) is 0 Å². The van der Waals surface area contributed by atoms with E-state index in [4.69, 9.17) is 5.11 Å². The van der Waals surface area contributed by atoms with Crippen molar-refractivity contribution in [1.29, 1.82) is 0 Å². The minimum Gasteiger partial charge on any atom is -0.364 e. The molecule has 0 aromatic heterocycles. The fraction of sp³-hybridized carbons (Fsp3) is 0.667. The first-order chi connectivity index (χ1) is 5.73. The van der Waals surface area contributed by atoms with Crippen molar-refractivity contribution in [3.05, 3.63) is 11.7 Å². The summed E-state index contributed by atoms with van der Waals surface area (Å²) in [4.78, 5) is 0. The predicted molar refractivity (Wildman–Crippen MR) is 29.8 cm³/mol. The average molecular weight is 206 g/mol. The first-order valence-corrected chi connectivity index (χ1v) is 3.18. The fourth-order valence-electron chi connectivity index (χ4n) is 1.01. The highest BCUT2D eigenvalue weighted by molar-refractivity contribution is 5.38. The van der Waals surface area contributed by atoms with Gasteiger partial charge in [-0.05, 0) is 0 Å². The molecule has 2 atom stereocenters. The largest absolute Gasteiger partial charge is 0.364 e. The van der Waals surface area contributed by atoms with Gasteiger partial charge in [-0.2, -0.15) is 8.78 Å². The minimum absolute atomic E-state index is 1.82. The molecular weight excluding hydrogens is 202 g/mol. The zero-order valence-electron chi connectivity index (χ0n) is 6.00. The molecule has 1 unspecified atom stereocenters. The molecule has 0 amide bonds. The van der Waals surface area contributed by atoms with Crippen molar-refractivity contribution in [3.8, 4) is 0 Å². The molecule has 13 heavy (non-hydrogen) atoms. The van der Waals surface area contributed by atoms with Crippen LogP contribution < -0.4 is 0 Å². The lowest BCUT2D eigenvalue weighted by Crippen LogP contribution is -2.55. The summed E-state index contributed by atoms with van der Waals surface area (Å²) < 4.78 is 73.2. The van der Waals surface area contributed by atoms with Gasteiger partial charge >= 0.3 is 5.92 Å². The molecule has 7 heteroatoms. The third-order valence-corrected chi connectivity index (χ3v) is 1.76. The van der Waals surface area contributed by atoms with Crippen molar-refractivity contribution >= 4 is 0 Å². The van der Waals surface area contributed by atoms with Gasteiger partial charge < -0.3 is 5.11 Å². The summed E-state index contributed by atoms with van der Waals surface area (Å²) in [6.45, 7) is 0. The molecule has 0 aromatic carbocycles. The lowest BCUT2D eigenvalue weighted by Gasteiger charge is -2.38. The zero-order valence-corrected chi connectivity index (χ0v) is 6.00. The molecule has 0 bridgehead atoms.